The molecule has 2 aromatic carbocycles. The second kappa shape index (κ2) is 7.20. The molecule has 21 heavy (non-hydrogen) atoms. The summed E-state index contributed by atoms with van der Waals surface area (Å²) in [5, 5.41) is 8.13. The summed E-state index contributed by atoms with van der Waals surface area (Å²) in [6, 6.07) is 18.9. The van der Waals surface area contributed by atoms with E-state index in [0.29, 0.717) is 0 Å². The molecule has 0 amide bonds. The topological polar surface area (TPSA) is 50.2 Å². The molecule has 0 aliphatic rings. The number of pyridine rings is 1. The first-order valence-corrected chi connectivity index (χ1v) is 6.81. The minimum absolute atomic E-state index is 0.250. The molecule has 106 valence electrons. The summed E-state index contributed by atoms with van der Waals surface area (Å²) in [5.74, 6) is 0. The van der Waals surface area contributed by atoms with E-state index in [1.807, 2.05) is 12.3 Å². The second-order valence-electron chi connectivity index (χ2n) is 4.50. The Balaban J connectivity index is 0.000000497. The third kappa shape index (κ3) is 3.26. The number of fused-ring (bicyclic) bond motifs is 1. The van der Waals surface area contributed by atoms with Gasteiger partial charge in [-0.2, -0.15) is 0 Å². The maximum atomic E-state index is 8.36. The highest BCUT2D eigenvalue weighted by atomic mass is 16.3. The molecule has 0 radical (unpaired) electrons. The van der Waals surface area contributed by atoms with E-state index in [4.69, 9.17) is 9.90 Å². The molecule has 1 aromatic heterocycles. The van der Waals surface area contributed by atoms with Crippen LogP contribution < -0.4 is 0 Å². The molecule has 0 aliphatic heterocycles. The predicted molar refractivity (Wildman–Crippen MR) is 85.2 cm³/mol. The largest absolute Gasteiger partial charge is 0.483 e. The van der Waals surface area contributed by atoms with Gasteiger partial charge in [0.25, 0.3) is 6.47 Å². The van der Waals surface area contributed by atoms with Gasteiger partial charge in [-0.3, -0.25) is 9.78 Å². The smallest absolute Gasteiger partial charge is 0.290 e. The molecule has 0 aliphatic carbocycles. The van der Waals surface area contributed by atoms with Crippen LogP contribution in [0.15, 0.2) is 60.8 Å². The number of aryl methyl sites for hydroxylation is 1. The van der Waals surface area contributed by atoms with E-state index >= 15 is 0 Å². The number of para-hydroxylation sites is 1. The van der Waals surface area contributed by atoms with Gasteiger partial charge in [-0.15, -0.1) is 0 Å². The molecule has 3 aromatic rings. The molecule has 0 saturated carbocycles. The van der Waals surface area contributed by atoms with Crippen molar-refractivity contribution < 1.29 is 9.90 Å². The van der Waals surface area contributed by atoms with E-state index in [9.17, 15) is 0 Å². The van der Waals surface area contributed by atoms with Gasteiger partial charge in [-0.1, -0.05) is 55.5 Å². The van der Waals surface area contributed by atoms with Crippen LogP contribution >= 0.6 is 0 Å². The van der Waals surface area contributed by atoms with Crippen molar-refractivity contribution in [3.63, 3.8) is 0 Å². The van der Waals surface area contributed by atoms with Crippen molar-refractivity contribution >= 4 is 17.4 Å². The molecule has 3 nitrogen and oxygen atoms in total. The fraction of sp³-hybridized carbons (Fsp3) is 0.111. The summed E-state index contributed by atoms with van der Waals surface area (Å²) in [7, 11) is 0. The standard InChI is InChI=1S/C17H15N.CH2O2/c1-2-13-12-18-16-11-7-6-10-15(16)17(13)14-8-4-3-5-9-14;2-1-3/h3-12H,2H2,1H3;1H,(H,2,3). The summed E-state index contributed by atoms with van der Waals surface area (Å²) in [5.41, 5.74) is 4.96. The van der Waals surface area contributed by atoms with Gasteiger partial charge in [0.2, 0.25) is 0 Å². The van der Waals surface area contributed by atoms with E-state index < -0.39 is 0 Å². The Morgan fingerprint density at radius 3 is 2.33 bits per heavy atom. The molecule has 0 saturated heterocycles. The van der Waals surface area contributed by atoms with Crippen LogP contribution in [0, 0.1) is 0 Å². The molecule has 0 bridgehead atoms. The number of benzene rings is 2. The van der Waals surface area contributed by atoms with Crippen molar-refractivity contribution in [1.29, 1.82) is 0 Å². The van der Waals surface area contributed by atoms with E-state index in [1.54, 1.807) is 0 Å². The number of hydrogen-bond acceptors (Lipinski definition) is 2. The van der Waals surface area contributed by atoms with Gasteiger partial charge in [-0.25, -0.2) is 0 Å². The molecule has 0 spiro atoms. The summed E-state index contributed by atoms with van der Waals surface area (Å²) in [6.07, 6.45) is 3.01. The van der Waals surface area contributed by atoms with E-state index in [1.165, 1.54) is 22.1 Å². The number of nitrogens with zero attached hydrogens (tertiary/aromatic N) is 1. The molecule has 1 N–H and O–H groups in total. The molecule has 3 rings (SSSR count). The van der Waals surface area contributed by atoms with Gasteiger partial charge >= 0.3 is 0 Å². The summed E-state index contributed by atoms with van der Waals surface area (Å²) in [6.45, 7) is 1.93. The van der Waals surface area contributed by atoms with Crippen LogP contribution in [0.4, 0.5) is 0 Å². The highest BCUT2D eigenvalue weighted by Crippen LogP contribution is 2.31. The van der Waals surface area contributed by atoms with E-state index in [-0.39, 0.29) is 6.47 Å². The van der Waals surface area contributed by atoms with Crippen molar-refractivity contribution in [3.05, 3.63) is 66.4 Å². The summed E-state index contributed by atoms with van der Waals surface area (Å²) >= 11 is 0. The minimum atomic E-state index is -0.250. The molecular formula is C18H17NO2. The summed E-state index contributed by atoms with van der Waals surface area (Å²) in [4.78, 5) is 12.9. The monoisotopic (exact) mass is 279 g/mol. The molecule has 1 heterocycles. The maximum absolute atomic E-state index is 8.36. The first kappa shape index (κ1) is 14.7. The van der Waals surface area contributed by atoms with Crippen LogP contribution in [0.5, 0.6) is 0 Å². The molecule has 3 heteroatoms. The van der Waals surface area contributed by atoms with Crippen LogP contribution in [0.2, 0.25) is 0 Å². The highest BCUT2D eigenvalue weighted by Gasteiger charge is 2.08. The molecule has 0 fully saturated rings. The Kier molecular flexibility index (Phi) is 5.04. The average Bonchev–Trinajstić information content (AvgIpc) is 2.55. The average molecular weight is 279 g/mol. The Morgan fingerprint density at radius 1 is 1.05 bits per heavy atom. The van der Waals surface area contributed by atoms with Crippen LogP contribution in [0.1, 0.15) is 12.5 Å². The van der Waals surface area contributed by atoms with Crippen molar-refractivity contribution in [2.75, 3.05) is 0 Å². The van der Waals surface area contributed by atoms with Crippen LogP contribution in [0.3, 0.4) is 0 Å². The fourth-order valence-corrected chi connectivity index (χ4v) is 2.40. The third-order valence-electron chi connectivity index (χ3n) is 3.30. The van der Waals surface area contributed by atoms with E-state index in [2.05, 4.69) is 60.4 Å². The normalized spacial score (nSPS) is 9.76. The molecule has 0 atom stereocenters. The zero-order valence-corrected chi connectivity index (χ0v) is 11.9. The lowest BCUT2D eigenvalue weighted by molar-refractivity contribution is -0.122. The van der Waals surface area contributed by atoms with Crippen molar-refractivity contribution in [2.24, 2.45) is 0 Å². The lowest BCUT2D eigenvalue weighted by Gasteiger charge is -2.11. The number of hydrogen-bond donors (Lipinski definition) is 1. The number of rotatable bonds is 2. The molecular weight excluding hydrogens is 262 g/mol. The van der Waals surface area contributed by atoms with Gasteiger partial charge in [0.05, 0.1) is 5.52 Å². The van der Waals surface area contributed by atoms with Crippen LogP contribution in [-0.2, 0) is 11.2 Å². The van der Waals surface area contributed by atoms with Crippen molar-refractivity contribution in [3.8, 4) is 11.1 Å². The Morgan fingerprint density at radius 2 is 1.67 bits per heavy atom. The maximum Gasteiger partial charge on any atom is 0.290 e. The number of carbonyl (C=O) groups is 1. The Bertz CT molecular complexity index is 724. The Labute approximate surface area is 123 Å². The molecule has 0 unspecified atom stereocenters. The van der Waals surface area contributed by atoms with Crippen LogP contribution in [-0.4, -0.2) is 16.6 Å². The summed E-state index contributed by atoms with van der Waals surface area (Å²) < 4.78 is 0. The minimum Gasteiger partial charge on any atom is -0.483 e. The first-order valence-electron chi connectivity index (χ1n) is 6.81. The SMILES string of the molecule is CCc1cnc2ccccc2c1-c1ccccc1.O=CO. The van der Waals surface area contributed by atoms with Crippen molar-refractivity contribution in [1.82, 2.24) is 4.98 Å². The predicted octanol–water partition coefficient (Wildman–Crippen LogP) is 4.17. The fourth-order valence-electron chi connectivity index (χ4n) is 2.40. The van der Waals surface area contributed by atoms with Gasteiger partial charge in [0.15, 0.2) is 0 Å². The first-order chi connectivity index (χ1) is 10.3. The lowest BCUT2D eigenvalue weighted by atomic mass is 9.95. The van der Waals surface area contributed by atoms with Gasteiger partial charge in [-0.05, 0) is 29.2 Å². The lowest BCUT2D eigenvalue weighted by Crippen LogP contribution is -1.92. The zero-order chi connectivity index (χ0) is 15.1. The third-order valence-corrected chi connectivity index (χ3v) is 3.30. The van der Waals surface area contributed by atoms with Gasteiger partial charge in [0, 0.05) is 11.6 Å². The zero-order valence-electron chi connectivity index (χ0n) is 11.9. The second-order valence-corrected chi connectivity index (χ2v) is 4.50. The Hall–Kier alpha value is -2.68. The number of carboxylic acid groups (broad SMARTS) is 1. The number of aromatic nitrogens is 1. The van der Waals surface area contributed by atoms with Gasteiger partial charge < -0.3 is 5.11 Å². The van der Waals surface area contributed by atoms with Gasteiger partial charge in [0.1, 0.15) is 0 Å². The highest BCUT2D eigenvalue weighted by molar-refractivity contribution is 5.95. The van der Waals surface area contributed by atoms with E-state index in [0.717, 1.165) is 11.9 Å². The quantitative estimate of drug-likeness (QED) is 0.716. The van der Waals surface area contributed by atoms with Crippen molar-refractivity contribution in [2.45, 2.75) is 13.3 Å². The van der Waals surface area contributed by atoms with Crippen LogP contribution in [0.25, 0.3) is 22.0 Å².